The Balaban J connectivity index is 1.78. The van der Waals surface area contributed by atoms with Gasteiger partial charge in [0.1, 0.15) is 18.8 Å². The van der Waals surface area contributed by atoms with Gasteiger partial charge in [-0.15, -0.1) is 10.2 Å². The summed E-state index contributed by atoms with van der Waals surface area (Å²) in [5, 5.41) is 10.5. The third kappa shape index (κ3) is 3.00. The second-order valence-electron chi connectivity index (χ2n) is 5.00. The summed E-state index contributed by atoms with van der Waals surface area (Å²) in [6.45, 7) is 3.49. The Kier molecular flexibility index (Phi) is 4.45. The summed E-state index contributed by atoms with van der Waals surface area (Å²) in [5.41, 5.74) is 1.29. The maximum atomic E-state index is 12.6. The highest BCUT2D eigenvalue weighted by atomic mass is 16.5. The van der Waals surface area contributed by atoms with Crippen molar-refractivity contribution in [3.05, 3.63) is 42.5 Å². The summed E-state index contributed by atoms with van der Waals surface area (Å²) < 4.78 is 12.7. The van der Waals surface area contributed by atoms with Crippen molar-refractivity contribution in [2.75, 3.05) is 19.8 Å². The molecule has 0 spiro atoms. The number of benzene rings is 1. The minimum Gasteiger partial charge on any atom is -0.376 e. The number of aromatic nitrogens is 3. The Morgan fingerprint density at radius 2 is 2.14 bits per heavy atom. The first-order valence-electron chi connectivity index (χ1n) is 7.24. The number of ether oxygens (including phenoxy) is 2. The number of nitrogens with one attached hydrogen (secondary N) is 1. The molecule has 0 unspecified atom stereocenters. The fraction of sp³-hybridized carbons (Fsp3) is 0.400. The highest BCUT2D eigenvalue weighted by Crippen LogP contribution is 2.16. The Morgan fingerprint density at radius 3 is 2.91 bits per heavy atom. The number of hydrogen-bond donors (Lipinski definition) is 1. The lowest BCUT2D eigenvalue weighted by Crippen LogP contribution is -2.44. The van der Waals surface area contributed by atoms with Crippen LogP contribution >= 0.6 is 0 Å². The van der Waals surface area contributed by atoms with Crippen molar-refractivity contribution in [2.24, 2.45) is 0 Å². The van der Waals surface area contributed by atoms with Crippen LogP contribution in [0.4, 0.5) is 0 Å². The van der Waals surface area contributed by atoms with Crippen molar-refractivity contribution in [3.63, 3.8) is 0 Å². The van der Waals surface area contributed by atoms with E-state index in [0.29, 0.717) is 25.4 Å². The third-order valence-electron chi connectivity index (χ3n) is 3.57. The molecule has 1 fully saturated rings. The van der Waals surface area contributed by atoms with Crippen LogP contribution in [0.3, 0.4) is 0 Å². The van der Waals surface area contributed by atoms with Crippen molar-refractivity contribution >= 4 is 5.91 Å². The number of para-hydroxylation sites is 1. The van der Waals surface area contributed by atoms with Crippen LogP contribution in [-0.4, -0.2) is 52.6 Å². The monoisotopic (exact) mass is 302 g/mol. The Labute approximate surface area is 128 Å². The zero-order valence-corrected chi connectivity index (χ0v) is 12.3. The average molecular weight is 302 g/mol. The van der Waals surface area contributed by atoms with E-state index in [-0.39, 0.29) is 18.1 Å². The first-order valence-corrected chi connectivity index (χ1v) is 7.24. The quantitative estimate of drug-likeness (QED) is 0.884. The first-order chi connectivity index (χ1) is 10.8. The number of nitrogens with zero attached hydrogens (tertiary/aromatic N) is 3. The molecule has 0 saturated carbocycles. The standard InChI is InChI=1S/C15H18N4O3/c1-2-22-14-8-21-7-12(14)18-15(20)11-5-3-4-6-13(11)19-9-16-17-10-19/h3-6,9-10,12,14H,2,7-8H2,1H3,(H,18,20)/t12-,14-/m0/s1. The molecule has 2 atom stereocenters. The molecule has 1 aliphatic heterocycles. The minimum absolute atomic E-state index is 0.101. The molecular weight excluding hydrogens is 284 g/mol. The Hall–Kier alpha value is -2.25. The fourth-order valence-electron chi connectivity index (χ4n) is 2.51. The third-order valence-corrected chi connectivity index (χ3v) is 3.57. The molecule has 0 bridgehead atoms. The molecule has 0 aliphatic carbocycles. The molecule has 7 heteroatoms. The summed E-state index contributed by atoms with van der Waals surface area (Å²) in [4.78, 5) is 12.6. The highest BCUT2D eigenvalue weighted by molar-refractivity contribution is 5.98. The van der Waals surface area contributed by atoms with Gasteiger partial charge in [0.05, 0.1) is 30.5 Å². The second kappa shape index (κ2) is 6.67. The Bertz CT molecular complexity index is 629. The smallest absolute Gasteiger partial charge is 0.253 e. The number of hydrogen-bond acceptors (Lipinski definition) is 5. The minimum atomic E-state index is -0.162. The predicted molar refractivity (Wildman–Crippen MR) is 78.8 cm³/mol. The lowest BCUT2D eigenvalue weighted by atomic mass is 10.1. The summed E-state index contributed by atoms with van der Waals surface area (Å²) in [6.07, 6.45) is 3.03. The van der Waals surface area contributed by atoms with Gasteiger partial charge in [-0.2, -0.15) is 0 Å². The van der Waals surface area contributed by atoms with Crippen LogP contribution < -0.4 is 5.32 Å². The van der Waals surface area contributed by atoms with Crippen LogP contribution in [0.1, 0.15) is 17.3 Å². The van der Waals surface area contributed by atoms with Gasteiger partial charge in [0.25, 0.3) is 5.91 Å². The molecule has 3 rings (SSSR count). The topological polar surface area (TPSA) is 78.3 Å². The van der Waals surface area contributed by atoms with Crippen LogP contribution in [-0.2, 0) is 9.47 Å². The van der Waals surface area contributed by atoms with Crippen molar-refractivity contribution in [2.45, 2.75) is 19.1 Å². The lowest BCUT2D eigenvalue weighted by Gasteiger charge is -2.19. The van der Waals surface area contributed by atoms with Gasteiger partial charge in [-0.25, -0.2) is 0 Å². The van der Waals surface area contributed by atoms with Crippen LogP contribution in [0.5, 0.6) is 0 Å². The molecule has 0 radical (unpaired) electrons. The van der Waals surface area contributed by atoms with Crippen LogP contribution in [0.15, 0.2) is 36.9 Å². The van der Waals surface area contributed by atoms with E-state index in [1.54, 1.807) is 23.3 Å². The van der Waals surface area contributed by atoms with Gasteiger partial charge in [-0.1, -0.05) is 12.1 Å². The van der Waals surface area contributed by atoms with Crippen molar-refractivity contribution in [1.29, 1.82) is 0 Å². The molecule has 1 aliphatic rings. The van der Waals surface area contributed by atoms with Crippen molar-refractivity contribution in [3.8, 4) is 5.69 Å². The number of carbonyl (C=O) groups is 1. The zero-order chi connectivity index (χ0) is 15.4. The summed E-state index contributed by atoms with van der Waals surface area (Å²) in [7, 11) is 0. The van der Waals surface area contributed by atoms with E-state index in [2.05, 4.69) is 15.5 Å². The molecule has 1 saturated heterocycles. The maximum absolute atomic E-state index is 12.6. The molecule has 2 heterocycles. The van der Waals surface area contributed by atoms with Gasteiger partial charge < -0.3 is 14.8 Å². The van der Waals surface area contributed by atoms with Crippen LogP contribution in [0.2, 0.25) is 0 Å². The van der Waals surface area contributed by atoms with Gasteiger partial charge in [0, 0.05) is 6.61 Å². The molecule has 1 aromatic heterocycles. The summed E-state index contributed by atoms with van der Waals surface area (Å²) in [6, 6.07) is 7.18. The van der Waals surface area contributed by atoms with Gasteiger partial charge in [0.2, 0.25) is 0 Å². The largest absolute Gasteiger partial charge is 0.376 e. The van der Waals surface area contributed by atoms with E-state index in [9.17, 15) is 4.79 Å². The van der Waals surface area contributed by atoms with Gasteiger partial charge in [0.15, 0.2) is 0 Å². The normalized spacial score (nSPS) is 21.0. The zero-order valence-electron chi connectivity index (χ0n) is 12.3. The van der Waals surface area contributed by atoms with E-state index >= 15 is 0 Å². The number of rotatable bonds is 5. The summed E-state index contributed by atoms with van der Waals surface area (Å²) in [5.74, 6) is -0.162. The molecule has 2 aromatic rings. The predicted octanol–water partition coefficient (Wildman–Crippen LogP) is 0.801. The van der Waals surface area contributed by atoms with Gasteiger partial charge in [-0.05, 0) is 19.1 Å². The van der Waals surface area contributed by atoms with E-state index in [1.165, 1.54) is 0 Å². The highest BCUT2D eigenvalue weighted by Gasteiger charge is 2.30. The molecule has 1 aromatic carbocycles. The maximum Gasteiger partial charge on any atom is 0.253 e. The van der Waals surface area contributed by atoms with Crippen LogP contribution in [0, 0.1) is 0 Å². The summed E-state index contributed by atoms with van der Waals surface area (Å²) >= 11 is 0. The molecule has 1 N–H and O–H groups in total. The van der Waals surface area contributed by atoms with E-state index < -0.39 is 0 Å². The molecule has 22 heavy (non-hydrogen) atoms. The Morgan fingerprint density at radius 1 is 1.36 bits per heavy atom. The molecule has 7 nitrogen and oxygen atoms in total. The number of amides is 1. The van der Waals surface area contributed by atoms with E-state index in [1.807, 2.05) is 25.1 Å². The van der Waals surface area contributed by atoms with Gasteiger partial charge in [-0.3, -0.25) is 9.36 Å². The van der Waals surface area contributed by atoms with E-state index in [0.717, 1.165) is 5.69 Å². The first kappa shape index (κ1) is 14.7. The van der Waals surface area contributed by atoms with Crippen molar-refractivity contribution in [1.82, 2.24) is 20.1 Å². The average Bonchev–Trinajstić information content (AvgIpc) is 3.20. The van der Waals surface area contributed by atoms with Crippen molar-refractivity contribution < 1.29 is 14.3 Å². The van der Waals surface area contributed by atoms with Gasteiger partial charge >= 0.3 is 0 Å². The molecule has 1 amide bonds. The van der Waals surface area contributed by atoms with E-state index in [4.69, 9.17) is 9.47 Å². The molecule has 116 valence electrons. The SMILES string of the molecule is CCO[C@H]1COC[C@@H]1NC(=O)c1ccccc1-n1cnnc1. The lowest BCUT2D eigenvalue weighted by molar-refractivity contribution is 0.0402. The fourth-order valence-corrected chi connectivity index (χ4v) is 2.51. The molecular formula is C15H18N4O3. The van der Waals surface area contributed by atoms with Crippen LogP contribution in [0.25, 0.3) is 5.69 Å². The second-order valence-corrected chi connectivity index (χ2v) is 5.00. The number of carbonyl (C=O) groups excluding carboxylic acids is 1.